The van der Waals surface area contributed by atoms with Gasteiger partial charge >= 0.3 is 0 Å². The van der Waals surface area contributed by atoms with Crippen molar-refractivity contribution in [1.29, 1.82) is 0 Å². The summed E-state index contributed by atoms with van der Waals surface area (Å²) in [4.78, 5) is 0. The van der Waals surface area contributed by atoms with E-state index in [2.05, 4.69) is 224 Å². The monoisotopic (exact) mass is 779 g/mol. The van der Waals surface area contributed by atoms with E-state index in [9.17, 15) is 0 Å². The number of nitrogens with zero attached hydrogens (tertiary/aromatic N) is 1. The Morgan fingerprint density at radius 3 is 0.882 bits per heavy atom. The van der Waals surface area contributed by atoms with Gasteiger partial charge in [-0.05, 0) is 69.8 Å². The van der Waals surface area contributed by atoms with Crippen molar-refractivity contribution in [2.24, 2.45) is 0 Å². The minimum absolute atomic E-state index is 1.05. The molecular weight excluding hydrogens is 750 g/mol. The third kappa shape index (κ3) is 5.54. The molecule has 3 heteroatoms. The minimum atomic E-state index is 1.05. The van der Waals surface area contributed by atoms with Crippen LogP contribution in [0.1, 0.15) is 0 Å². The number of hydrogen-bond donors (Lipinski definition) is 0. The SMILES string of the molecule is Brc1ccc2c(c1)c1cc(Br)ccc1n2-c1c(-c2ccccc2)c(-c2ccccc2)c(-c2ccccc2)c(-c2ccccc2)c1-c1ccccc1. The van der Waals surface area contributed by atoms with Crippen LogP contribution in [0, 0.1) is 0 Å². The van der Waals surface area contributed by atoms with Crippen LogP contribution in [-0.4, -0.2) is 4.57 Å². The summed E-state index contributed by atoms with van der Waals surface area (Å²) in [6.07, 6.45) is 0. The Bertz CT molecular complexity index is 2500. The molecule has 0 N–H and O–H groups in total. The molecular formula is C48H31Br2N. The predicted octanol–water partition coefficient (Wildman–Crippen LogP) is 14.6. The summed E-state index contributed by atoms with van der Waals surface area (Å²) in [7, 11) is 0. The molecule has 0 aliphatic rings. The van der Waals surface area contributed by atoms with Gasteiger partial charge in [0.1, 0.15) is 0 Å². The first-order valence-electron chi connectivity index (χ1n) is 17.1. The molecule has 9 rings (SSSR count). The van der Waals surface area contributed by atoms with Crippen LogP contribution in [0.15, 0.2) is 197 Å². The van der Waals surface area contributed by atoms with Crippen molar-refractivity contribution in [1.82, 2.24) is 4.57 Å². The van der Waals surface area contributed by atoms with E-state index >= 15 is 0 Å². The molecule has 51 heavy (non-hydrogen) atoms. The summed E-state index contributed by atoms with van der Waals surface area (Å²) < 4.78 is 4.62. The van der Waals surface area contributed by atoms with Gasteiger partial charge in [-0.3, -0.25) is 0 Å². The maximum Gasteiger partial charge on any atom is 0.0631 e. The van der Waals surface area contributed by atoms with Crippen LogP contribution < -0.4 is 0 Å². The number of fused-ring (bicyclic) bond motifs is 3. The second-order valence-corrected chi connectivity index (χ2v) is 14.5. The third-order valence-corrected chi connectivity index (χ3v) is 10.7. The first-order chi connectivity index (χ1) is 25.2. The fourth-order valence-electron chi connectivity index (χ4n) is 7.62. The molecule has 0 saturated heterocycles. The minimum Gasteiger partial charge on any atom is -0.308 e. The van der Waals surface area contributed by atoms with E-state index in [1.54, 1.807) is 0 Å². The fourth-order valence-corrected chi connectivity index (χ4v) is 8.34. The molecule has 0 radical (unpaired) electrons. The Hall–Kier alpha value is -5.48. The molecule has 0 bridgehead atoms. The van der Waals surface area contributed by atoms with Gasteiger partial charge < -0.3 is 4.57 Å². The van der Waals surface area contributed by atoms with E-state index in [1.807, 2.05) is 0 Å². The molecule has 0 fully saturated rings. The number of benzene rings is 8. The van der Waals surface area contributed by atoms with Gasteiger partial charge in [0.05, 0.1) is 16.7 Å². The Balaban J connectivity index is 1.64. The molecule has 0 unspecified atom stereocenters. The van der Waals surface area contributed by atoms with E-state index in [1.165, 1.54) is 55.3 Å². The summed E-state index contributed by atoms with van der Waals surface area (Å²) in [5.41, 5.74) is 15.2. The third-order valence-electron chi connectivity index (χ3n) is 9.70. The number of hydrogen-bond acceptors (Lipinski definition) is 0. The first-order valence-corrected chi connectivity index (χ1v) is 18.7. The van der Waals surface area contributed by atoms with Gasteiger partial charge in [-0.25, -0.2) is 0 Å². The molecule has 0 amide bonds. The van der Waals surface area contributed by atoms with Crippen LogP contribution >= 0.6 is 31.9 Å². The van der Waals surface area contributed by atoms with E-state index in [0.717, 1.165) is 36.8 Å². The summed E-state index contributed by atoms with van der Waals surface area (Å²) >= 11 is 7.61. The van der Waals surface area contributed by atoms with Crippen molar-refractivity contribution >= 4 is 53.7 Å². The lowest BCUT2D eigenvalue weighted by atomic mass is 9.77. The second-order valence-electron chi connectivity index (χ2n) is 12.7. The standard InChI is InChI=1S/C48H31Br2N/c49-37-26-28-41-39(30-37)40-31-38(50)27-29-42(40)51(41)48-46(35-22-12-4-13-23-35)44(33-18-8-2-9-19-33)43(32-16-6-1-7-17-32)45(34-20-10-3-11-21-34)47(48)36-24-14-5-15-25-36/h1-31H. The fraction of sp³-hybridized carbons (Fsp3) is 0. The van der Waals surface area contributed by atoms with Gasteiger partial charge in [0.15, 0.2) is 0 Å². The maximum atomic E-state index is 3.80. The molecule has 1 aromatic heterocycles. The normalized spacial score (nSPS) is 11.3. The smallest absolute Gasteiger partial charge is 0.0631 e. The average Bonchev–Trinajstić information content (AvgIpc) is 3.50. The molecule has 1 heterocycles. The van der Waals surface area contributed by atoms with Gasteiger partial charge in [0.25, 0.3) is 0 Å². The Morgan fingerprint density at radius 1 is 0.294 bits per heavy atom. The van der Waals surface area contributed by atoms with Crippen LogP contribution in [0.25, 0.3) is 83.1 Å². The van der Waals surface area contributed by atoms with Gasteiger partial charge in [-0.1, -0.05) is 184 Å². The van der Waals surface area contributed by atoms with Crippen molar-refractivity contribution in [3.63, 3.8) is 0 Å². The zero-order valence-corrected chi connectivity index (χ0v) is 30.8. The number of aromatic nitrogens is 1. The van der Waals surface area contributed by atoms with Gasteiger partial charge in [0, 0.05) is 42.0 Å². The highest BCUT2D eigenvalue weighted by atomic mass is 79.9. The van der Waals surface area contributed by atoms with E-state index in [0.29, 0.717) is 0 Å². The molecule has 0 atom stereocenters. The zero-order chi connectivity index (χ0) is 34.3. The van der Waals surface area contributed by atoms with Crippen molar-refractivity contribution in [2.75, 3.05) is 0 Å². The summed E-state index contributed by atoms with van der Waals surface area (Å²) in [6, 6.07) is 68.0. The van der Waals surface area contributed by atoms with Crippen LogP contribution in [0.5, 0.6) is 0 Å². The summed E-state index contributed by atoms with van der Waals surface area (Å²) in [6.45, 7) is 0. The van der Waals surface area contributed by atoms with Crippen LogP contribution in [0.3, 0.4) is 0 Å². The molecule has 0 saturated carbocycles. The van der Waals surface area contributed by atoms with Crippen molar-refractivity contribution in [2.45, 2.75) is 0 Å². The zero-order valence-electron chi connectivity index (χ0n) is 27.6. The van der Waals surface area contributed by atoms with Crippen LogP contribution in [-0.2, 0) is 0 Å². The Labute approximate surface area is 314 Å². The topological polar surface area (TPSA) is 4.93 Å². The van der Waals surface area contributed by atoms with Crippen LogP contribution in [0.2, 0.25) is 0 Å². The predicted molar refractivity (Wildman–Crippen MR) is 223 cm³/mol. The summed E-state index contributed by atoms with van der Waals surface area (Å²) in [5, 5.41) is 2.38. The largest absolute Gasteiger partial charge is 0.308 e. The van der Waals surface area contributed by atoms with E-state index < -0.39 is 0 Å². The highest BCUT2D eigenvalue weighted by Crippen LogP contribution is 2.55. The highest BCUT2D eigenvalue weighted by Gasteiger charge is 2.30. The quantitative estimate of drug-likeness (QED) is 0.158. The van der Waals surface area contributed by atoms with Gasteiger partial charge in [-0.15, -0.1) is 0 Å². The molecule has 242 valence electrons. The second kappa shape index (κ2) is 13.3. The number of rotatable bonds is 6. The Morgan fingerprint density at radius 2 is 0.569 bits per heavy atom. The van der Waals surface area contributed by atoms with Gasteiger partial charge in [-0.2, -0.15) is 0 Å². The average molecular weight is 782 g/mol. The van der Waals surface area contributed by atoms with Crippen molar-refractivity contribution in [3.05, 3.63) is 197 Å². The lowest BCUT2D eigenvalue weighted by molar-refractivity contribution is 1.18. The summed E-state index contributed by atoms with van der Waals surface area (Å²) in [5.74, 6) is 0. The van der Waals surface area contributed by atoms with Crippen molar-refractivity contribution in [3.8, 4) is 61.3 Å². The molecule has 9 aromatic rings. The highest BCUT2D eigenvalue weighted by molar-refractivity contribution is 9.10. The first kappa shape index (κ1) is 31.5. The molecule has 0 aliphatic carbocycles. The maximum absolute atomic E-state index is 3.80. The lowest BCUT2D eigenvalue weighted by Crippen LogP contribution is -2.07. The Kier molecular flexibility index (Phi) is 8.24. The molecule has 8 aromatic carbocycles. The molecule has 0 aliphatic heterocycles. The van der Waals surface area contributed by atoms with Crippen molar-refractivity contribution < 1.29 is 0 Å². The van der Waals surface area contributed by atoms with E-state index in [4.69, 9.17) is 0 Å². The lowest BCUT2D eigenvalue weighted by Gasteiger charge is -2.29. The molecule has 0 spiro atoms. The van der Waals surface area contributed by atoms with Gasteiger partial charge in [0.2, 0.25) is 0 Å². The number of halogens is 2. The molecule has 1 nitrogen and oxygen atoms in total. The van der Waals surface area contributed by atoms with Crippen LogP contribution in [0.4, 0.5) is 0 Å². The van der Waals surface area contributed by atoms with E-state index in [-0.39, 0.29) is 0 Å².